The molecule has 1 heteroatoms. The summed E-state index contributed by atoms with van der Waals surface area (Å²) in [7, 11) is 0. The summed E-state index contributed by atoms with van der Waals surface area (Å²) in [6.45, 7) is 8.46. The number of hydrogen-bond donors (Lipinski definition) is 0. The summed E-state index contributed by atoms with van der Waals surface area (Å²) in [5.74, 6) is 1.50. The Kier molecular flexibility index (Phi) is 6.23. The summed E-state index contributed by atoms with van der Waals surface area (Å²) in [4.78, 5) is 12.4. The molecular weight excluding hydrogens is 376 g/mol. The summed E-state index contributed by atoms with van der Waals surface area (Å²) in [5, 5.41) is 0. The zero-order valence-corrected chi connectivity index (χ0v) is 19.1. The third kappa shape index (κ3) is 4.42. The van der Waals surface area contributed by atoms with Crippen molar-refractivity contribution < 1.29 is 4.79 Å². The highest BCUT2D eigenvalue weighted by atomic mass is 16.1. The van der Waals surface area contributed by atoms with Gasteiger partial charge in [0.2, 0.25) is 0 Å². The van der Waals surface area contributed by atoms with E-state index in [9.17, 15) is 4.79 Å². The lowest BCUT2D eigenvalue weighted by Gasteiger charge is -2.22. The zero-order chi connectivity index (χ0) is 22.0. The van der Waals surface area contributed by atoms with Crippen molar-refractivity contribution in [3.05, 3.63) is 101 Å². The number of carbonyl (C=O) groups excluding carboxylic acids is 1. The van der Waals surface area contributed by atoms with Gasteiger partial charge in [-0.3, -0.25) is 4.79 Å². The van der Waals surface area contributed by atoms with E-state index < -0.39 is 0 Å². The van der Waals surface area contributed by atoms with Crippen LogP contribution in [-0.4, -0.2) is 5.78 Å². The molecule has 0 spiro atoms. The lowest BCUT2D eigenvalue weighted by molar-refractivity contribution is -0.111. The molecule has 0 fully saturated rings. The normalized spacial score (nSPS) is 19.3. The minimum absolute atomic E-state index is 0.115. The number of hydrogen-bond acceptors (Lipinski definition) is 1. The maximum atomic E-state index is 12.4. The molecule has 2 aliphatic rings. The average Bonchev–Trinajstić information content (AvgIpc) is 2.95. The van der Waals surface area contributed by atoms with Crippen LogP contribution in [0.3, 0.4) is 0 Å². The van der Waals surface area contributed by atoms with Crippen LogP contribution < -0.4 is 0 Å². The predicted octanol–water partition coefficient (Wildman–Crippen LogP) is 7.69. The molecule has 4 rings (SSSR count). The lowest BCUT2D eigenvalue weighted by Crippen LogP contribution is -2.09. The van der Waals surface area contributed by atoms with Crippen molar-refractivity contribution in [3.63, 3.8) is 0 Å². The smallest absolute Gasteiger partial charge is 0.160 e. The van der Waals surface area contributed by atoms with E-state index >= 15 is 0 Å². The van der Waals surface area contributed by atoms with Gasteiger partial charge in [-0.1, -0.05) is 92.6 Å². The summed E-state index contributed by atoms with van der Waals surface area (Å²) in [5.41, 5.74) is 9.29. The summed E-state index contributed by atoms with van der Waals surface area (Å²) < 4.78 is 0. The monoisotopic (exact) mass is 408 g/mol. The van der Waals surface area contributed by atoms with Crippen LogP contribution in [0.1, 0.15) is 62.8 Å². The van der Waals surface area contributed by atoms with E-state index in [-0.39, 0.29) is 5.78 Å². The van der Waals surface area contributed by atoms with Crippen molar-refractivity contribution in [1.29, 1.82) is 0 Å². The number of fused-ring (bicyclic) bond motifs is 1. The van der Waals surface area contributed by atoms with Gasteiger partial charge in [-0.2, -0.15) is 0 Å². The Morgan fingerprint density at radius 1 is 1.06 bits per heavy atom. The number of rotatable bonds is 5. The van der Waals surface area contributed by atoms with Crippen molar-refractivity contribution in [1.82, 2.24) is 0 Å². The van der Waals surface area contributed by atoms with Gasteiger partial charge in [0.05, 0.1) is 0 Å². The van der Waals surface area contributed by atoms with E-state index in [0.717, 1.165) is 35.5 Å². The van der Waals surface area contributed by atoms with Gasteiger partial charge >= 0.3 is 0 Å². The molecule has 0 saturated heterocycles. The molecule has 0 radical (unpaired) electrons. The number of benzene rings is 2. The van der Waals surface area contributed by atoms with Crippen LogP contribution in [0.25, 0.3) is 16.7 Å². The van der Waals surface area contributed by atoms with E-state index in [1.54, 1.807) is 6.92 Å². The standard InChI is InChI=1S/C30H32O/c1-5-20(2)23-10-12-24(13-11-23)25-14-16-26(17-15-25)29-19-30(22(4)31)28-9-7-6-8-27(28)18-21(29)3/h6-10,12-17,19-20,23H,5,11,18H2,1-4H3. The molecule has 2 aliphatic carbocycles. The van der Waals surface area contributed by atoms with Crippen LogP contribution >= 0.6 is 0 Å². The third-order valence-electron chi connectivity index (χ3n) is 6.93. The first-order valence-electron chi connectivity index (χ1n) is 11.5. The highest BCUT2D eigenvalue weighted by Gasteiger charge is 2.19. The third-order valence-corrected chi connectivity index (χ3v) is 6.93. The fourth-order valence-corrected chi connectivity index (χ4v) is 4.70. The SMILES string of the molecule is CCC(C)C1C=CC(c2ccc(C3=C(C)Cc4ccccc4C(C(C)=O)=C3)cc2)=CC1. The van der Waals surface area contributed by atoms with Crippen molar-refractivity contribution in [2.45, 2.75) is 47.0 Å². The van der Waals surface area contributed by atoms with Crippen molar-refractivity contribution in [3.8, 4) is 0 Å². The molecule has 0 amide bonds. The molecule has 0 heterocycles. The number of ketones is 1. The van der Waals surface area contributed by atoms with Gasteiger partial charge in [-0.15, -0.1) is 0 Å². The maximum Gasteiger partial charge on any atom is 0.160 e. The molecule has 0 bridgehead atoms. The molecule has 158 valence electrons. The van der Waals surface area contributed by atoms with Crippen LogP contribution in [0.2, 0.25) is 0 Å². The molecule has 2 unspecified atom stereocenters. The topological polar surface area (TPSA) is 17.1 Å². The fourth-order valence-electron chi connectivity index (χ4n) is 4.70. The summed E-state index contributed by atoms with van der Waals surface area (Å²) in [6.07, 6.45) is 12.4. The highest BCUT2D eigenvalue weighted by Crippen LogP contribution is 2.35. The van der Waals surface area contributed by atoms with Crippen LogP contribution in [0, 0.1) is 11.8 Å². The molecule has 2 atom stereocenters. The fraction of sp³-hybridized carbons (Fsp3) is 0.300. The molecule has 1 nitrogen and oxygen atoms in total. The zero-order valence-electron chi connectivity index (χ0n) is 19.1. The lowest BCUT2D eigenvalue weighted by atomic mass is 9.84. The molecule has 0 aromatic heterocycles. The van der Waals surface area contributed by atoms with Crippen LogP contribution in [-0.2, 0) is 11.2 Å². The molecule has 0 N–H and O–H groups in total. The second kappa shape index (κ2) is 9.06. The van der Waals surface area contributed by atoms with Gasteiger partial charge in [0, 0.05) is 5.57 Å². The Morgan fingerprint density at radius 2 is 1.77 bits per heavy atom. The van der Waals surface area contributed by atoms with Gasteiger partial charge < -0.3 is 0 Å². The second-order valence-corrected chi connectivity index (χ2v) is 9.02. The number of Topliss-reactive ketones (excluding diaryl/α,β-unsaturated/α-hetero) is 1. The first-order chi connectivity index (χ1) is 15.0. The Labute approximate surface area is 186 Å². The molecule has 2 aromatic carbocycles. The number of allylic oxidation sites excluding steroid dienone is 8. The van der Waals surface area contributed by atoms with Crippen molar-refractivity contribution in [2.75, 3.05) is 0 Å². The van der Waals surface area contributed by atoms with E-state index in [1.165, 1.54) is 34.3 Å². The first-order valence-corrected chi connectivity index (χ1v) is 11.5. The Hall–Kier alpha value is -2.93. The molecule has 31 heavy (non-hydrogen) atoms. The van der Waals surface area contributed by atoms with Crippen molar-refractivity contribution in [2.24, 2.45) is 11.8 Å². The quantitative estimate of drug-likeness (QED) is 0.495. The van der Waals surface area contributed by atoms with Gasteiger partial charge in [0.25, 0.3) is 0 Å². The first kappa shape index (κ1) is 21.3. The minimum Gasteiger partial charge on any atom is -0.294 e. The van der Waals surface area contributed by atoms with Gasteiger partial charge in [-0.25, -0.2) is 0 Å². The van der Waals surface area contributed by atoms with Gasteiger partial charge in [-0.05, 0) is 78.0 Å². The van der Waals surface area contributed by atoms with Gasteiger partial charge in [0.15, 0.2) is 5.78 Å². The average molecular weight is 409 g/mol. The Bertz CT molecular complexity index is 1110. The van der Waals surface area contributed by atoms with E-state index in [1.807, 2.05) is 6.07 Å². The second-order valence-electron chi connectivity index (χ2n) is 9.02. The number of carbonyl (C=O) groups is 1. The highest BCUT2D eigenvalue weighted by molar-refractivity contribution is 6.22. The Balaban J connectivity index is 1.64. The van der Waals surface area contributed by atoms with Crippen LogP contribution in [0.15, 0.2) is 78.4 Å². The molecular formula is C30H32O. The van der Waals surface area contributed by atoms with E-state index in [2.05, 4.69) is 87.5 Å². The van der Waals surface area contributed by atoms with Gasteiger partial charge in [0.1, 0.15) is 0 Å². The van der Waals surface area contributed by atoms with E-state index in [4.69, 9.17) is 0 Å². The minimum atomic E-state index is 0.115. The predicted molar refractivity (Wildman–Crippen MR) is 133 cm³/mol. The summed E-state index contributed by atoms with van der Waals surface area (Å²) >= 11 is 0. The Morgan fingerprint density at radius 3 is 2.42 bits per heavy atom. The van der Waals surface area contributed by atoms with Crippen LogP contribution in [0.5, 0.6) is 0 Å². The molecule has 0 aliphatic heterocycles. The molecule has 0 saturated carbocycles. The largest absolute Gasteiger partial charge is 0.294 e. The maximum absolute atomic E-state index is 12.4. The van der Waals surface area contributed by atoms with Crippen LogP contribution in [0.4, 0.5) is 0 Å². The van der Waals surface area contributed by atoms with E-state index in [0.29, 0.717) is 5.92 Å². The molecule has 2 aromatic rings. The summed E-state index contributed by atoms with van der Waals surface area (Å²) in [6, 6.07) is 17.1. The van der Waals surface area contributed by atoms with Crippen molar-refractivity contribution >= 4 is 22.5 Å².